The number of aryl methyl sites for hydroxylation is 1. The molecule has 2 aliphatic rings. The van der Waals surface area contributed by atoms with Gasteiger partial charge in [-0.3, -0.25) is 0 Å². The summed E-state index contributed by atoms with van der Waals surface area (Å²) in [5.74, 6) is -1.52. The lowest BCUT2D eigenvalue weighted by Gasteiger charge is -2.31. The van der Waals surface area contributed by atoms with Crippen LogP contribution < -0.4 is 0 Å². The summed E-state index contributed by atoms with van der Waals surface area (Å²) in [7, 11) is 0. The van der Waals surface area contributed by atoms with E-state index in [1.165, 1.54) is 18.9 Å². The Kier molecular flexibility index (Phi) is 10.3. The number of esters is 1. The highest BCUT2D eigenvalue weighted by molar-refractivity contribution is 5.89. The summed E-state index contributed by atoms with van der Waals surface area (Å²) in [6.45, 7) is 4.31. The fourth-order valence-corrected chi connectivity index (χ4v) is 6.53. The number of hydrogen-bond acceptors (Lipinski definition) is 2. The Hall–Kier alpha value is -2.30. The van der Waals surface area contributed by atoms with Gasteiger partial charge < -0.3 is 4.74 Å². The SMILES string of the molecule is CCCCCc1ccc(C(=O)OC2CCC(c3ccc(C4CCC(CCC)CC4)c(F)c3F)CC2)cc1F. The Morgan fingerprint density at radius 3 is 1.95 bits per heavy atom. The van der Waals surface area contributed by atoms with Gasteiger partial charge in [0.25, 0.3) is 0 Å². The van der Waals surface area contributed by atoms with Gasteiger partial charge in [-0.1, -0.05) is 57.7 Å². The molecule has 0 unspecified atom stereocenters. The molecule has 2 aromatic rings. The minimum Gasteiger partial charge on any atom is -0.459 e. The van der Waals surface area contributed by atoms with Crippen LogP contribution in [-0.2, 0) is 11.2 Å². The van der Waals surface area contributed by atoms with Gasteiger partial charge in [-0.2, -0.15) is 0 Å². The summed E-state index contributed by atoms with van der Waals surface area (Å²) in [6.07, 6.45) is 12.3. The standard InChI is InChI=1S/C33H43F3O2/c1-3-5-6-8-25-13-14-26(21-30(25)34)33(37)38-27-17-15-24(16-18-27)29-20-19-28(31(35)32(29)36)23-11-9-22(7-4-2)10-12-23/h13-14,19-24,27H,3-12,15-18H2,1-2H3. The number of unbranched alkanes of at least 4 members (excludes halogenated alkanes) is 2. The van der Waals surface area contributed by atoms with Crippen LogP contribution in [0.3, 0.4) is 0 Å². The Labute approximate surface area is 226 Å². The Morgan fingerprint density at radius 2 is 1.39 bits per heavy atom. The quantitative estimate of drug-likeness (QED) is 0.227. The molecule has 0 N–H and O–H groups in total. The summed E-state index contributed by atoms with van der Waals surface area (Å²) < 4.78 is 50.5. The molecule has 2 aromatic carbocycles. The first-order chi connectivity index (χ1) is 18.4. The number of ether oxygens (including phenoxy) is 1. The molecule has 2 aliphatic carbocycles. The predicted octanol–water partition coefficient (Wildman–Crippen LogP) is 9.79. The Morgan fingerprint density at radius 1 is 0.789 bits per heavy atom. The van der Waals surface area contributed by atoms with Crippen molar-refractivity contribution >= 4 is 5.97 Å². The molecule has 0 saturated heterocycles. The van der Waals surface area contributed by atoms with E-state index in [-0.39, 0.29) is 29.3 Å². The first-order valence-electron chi connectivity index (χ1n) is 14.9. The van der Waals surface area contributed by atoms with E-state index in [0.29, 0.717) is 48.8 Å². The van der Waals surface area contributed by atoms with E-state index in [2.05, 4.69) is 13.8 Å². The summed E-state index contributed by atoms with van der Waals surface area (Å²) in [5.41, 5.74) is 1.82. The lowest BCUT2D eigenvalue weighted by Crippen LogP contribution is -2.24. The van der Waals surface area contributed by atoms with E-state index < -0.39 is 17.6 Å². The number of carbonyl (C=O) groups is 1. The van der Waals surface area contributed by atoms with E-state index >= 15 is 8.78 Å². The molecule has 208 valence electrons. The molecule has 0 amide bonds. The number of benzene rings is 2. The zero-order valence-electron chi connectivity index (χ0n) is 23.0. The second-order valence-electron chi connectivity index (χ2n) is 11.5. The molecule has 0 bridgehead atoms. The largest absolute Gasteiger partial charge is 0.459 e. The van der Waals surface area contributed by atoms with Crippen LogP contribution >= 0.6 is 0 Å². The number of halogens is 3. The first kappa shape index (κ1) is 28.7. The molecule has 0 aliphatic heterocycles. The van der Waals surface area contributed by atoms with Crippen LogP contribution in [0.1, 0.15) is 136 Å². The van der Waals surface area contributed by atoms with E-state index in [1.807, 2.05) is 6.07 Å². The van der Waals surface area contributed by atoms with Crippen molar-refractivity contribution in [1.82, 2.24) is 0 Å². The lowest BCUT2D eigenvalue weighted by molar-refractivity contribution is 0.0193. The van der Waals surface area contributed by atoms with Crippen molar-refractivity contribution in [2.45, 2.75) is 122 Å². The molecule has 38 heavy (non-hydrogen) atoms. The molecule has 5 heteroatoms. The highest BCUT2D eigenvalue weighted by Gasteiger charge is 2.30. The van der Waals surface area contributed by atoms with Gasteiger partial charge in [-0.05, 0) is 111 Å². The third kappa shape index (κ3) is 7.01. The van der Waals surface area contributed by atoms with Crippen molar-refractivity contribution in [1.29, 1.82) is 0 Å². The average molecular weight is 529 g/mol. The zero-order valence-corrected chi connectivity index (χ0v) is 23.0. The van der Waals surface area contributed by atoms with E-state index in [1.54, 1.807) is 18.2 Å². The van der Waals surface area contributed by atoms with Gasteiger partial charge in [-0.15, -0.1) is 0 Å². The molecule has 0 atom stereocenters. The molecular formula is C33H43F3O2. The molecule has 2 saturated carbocycles. The van der Waals surface area contributed by atoms with Crippen LogP contribution in [0.15, 0.2) is 30.3 Å². The average Bonchev–Trinajstić information content (AvgIpc) is 2.92. The van der Waals surface area contributed by atoms with Crippen molar-refractivity contribution < 1.29 is 22.7 Å². The van der Waals surface area contributed by atoms with Crippen molar-refractivity contribution in [3.05, 3.63) is 70.0 Å². The summed E-state index contributed by atoms with van der Waals surface area (Å²) in [5, 5.41) is 0. The number of carbonyl (C=O) groups excluding carboxylic acids is 1. The van der Waals surface area contributed by atoms with E-state index in [4.69, 9.17) is 4.74 Å². The fraction of sp³-hybridized carbons (Fsp3) is 0.606. The number of rotatable bonds is 10. The molecular weight excluding hydrogens is 485 g/mol. The monoisotopic (exact) mass is 528 g/mol. The van der Waals surface area contributed by atoms with Gasteiger partial charge in [-0.25, -0.2) is 18.0 Å². The minimum atomic E-state index is -0.701. The first-order valence-corrected chi connectivity index (χ1v) is 14.9. The predicted molar refractivity (Wildman–Crippen MR) is 146 cm³/mol. The topological polar surface area (TPSA) is 26.3 Å². The van der Waals surface area contributed by atoms with Crippen LogP contribution in [0.4, 0.5) is 13.2 Å². The van der Waals surface area contributed by atoms with Gasteiger partial charge in [0.05, 0.1) is 5.56 Å². The highest BCUT2D eigenvalue weighted by atomic mass is 19.2. The van der Waals surface area contributed by atoms with E-state index in [0.717, 1.165) is 50.9 Å². The molecule has 4 rings (SSSR count). The molecule has 2 fully saturated rings. The lowest BCUT2D eigenvalue weighted by atomic mass is 9.76. The maximum Gasteiger partial charge on any atom is 0.338 e. The maximum absolute atomic E-state index is 15.2. The normalized spacial score (nSPS) is 23.8. The van der Waals surface area contributed by atoms with E-state index in [9.17, 15) is 9.18 Å². The van der Waals surface area contributed by atoms with Crippen LogP contribution in [0.5, 0.6) is 0 Å². The van der Waals surface area contributed by atoms with Crippen molar-refractivity contribution in [2.24, 2.45) is 5.92 Å². The molecule has 0 heterocycles. The number of hydrogen-bond donors (Lipinski definition) is 0. The summed E-state index contributed by atoms with van der Waals surface area (Å²) >= 11 is 0. The van der Waals surface area contributed by atoms with Crippen LogP contribution in [0.25, 0.3) is 0 Å². The molecule has 0 spiro atoms. The molecule has 0 radical (unpaired) electrons. The van der Waals surface area contributed by atoms with Gasteiger partial charge in [0, 0.05) is 0 Å². The third-order valence-electron chi connectivity index (χ3n) is 8.85. The highest BCUT2D eigenvalue weighted by Crippen LogP contribution is 2.41. The Bertz CT molecular complexity index is 1070. The second kappa shape index (κ2) is 13.7. The van der Waals surface area contributed by atoms with Gasteiger partial charge in [0.2, 0.25) is 0 Å². The van der Waals surface area contributed by atoms with Crippen molar-refractivity contribution in [3.63, 3.8) is 0 Å². The van der Waals surface area contributed by atoms with Crippen LogP contribution in [-0.4, -0.2) is 12.1 Å². The maximum atomic E-state index is 15.2. The van der Waals surface area contributed by atoms with Crippen molar-refractivity contribution in [2.75, 3.05) is 0 Å². The van der Waals surface area contributed by atoms with Gasteiger partial charge in [0.15, 0.2) is 11.6 Å². The van der Waals surface area contributed by atoms with Gasteiger partial charge in [0.1, 0.15) is 11.9 Å². The molecule has 2 nitrogen and oxygen atoms in total. The zero-order chi connectivity index (χ0) is 27.1. The van der Waals surface area contributed by atoms with Gasteiger partial charge >= 0.3 is 5.97 Å². The van der Waals surface area contributed by atoms with Crippen molar-refractivity contribution in [3.8, 4) is 0 Å². The Balaban J connectivity index is 1.30. The summed E-state index contributed by atoms with van der Waals surface area (Å²) in [4.78, 5) is 12.6. The van der Waals surface area contributed by atoms with Crippen LogP contribution in [0, 0.1) is 23.4 Å². The molecule has 0 aromatic heterocycles. The van der Waals surface area contributed by atoms with Crippen LogP contribution in [0.2, 0.25) is 0 Å². The smallest absolute Gasteiger partial charge is 0.338 e. The summed E-state index contributed by atoms with van der Waals surface area (Å²) in [6, 6.07) is 8.18. The fourth-order valence-electron chi connectivity index (χ4n) is 6.53. The minimum absolute atomic E-state index is 0.0892. The third-order valence-corrected chi connectivity index (χ3v) is 8.85. The second-order valence-corrected chi connectivity index (χ2v) is 11.5.